The van der Waals surface area contributed by atoms with E-state index in [-0.39, 0.29) is 11.8 Å². The molecule has 0 aliphatic carbocycles. The quantitative estimate of drug-likeness (QED) is 0.850. The summed E-state index contributed by atoms with van der Waals surface area (Å²) in [5, 5.41) is 8.93. The van der Waals surface area contributed by atoms with E-state index in [0.717, 1.165) is 0 Å². The largest absolute Gasteiger partial charge is 0.267 e. The van der Waals surface area contributed by atoms with E-state index in [4.69, 9.17) is 5.26 Å². The fourth-order valence-corrected chi connectivity index (χ4v) is 4.19. The normalized spacial score (nSPS) is 11.2. The minimum atomic E-state index is -3.53. The molecule has 5 heteroatoms. The second-order valence-electron chi connectivity index (χ2n) is 5.29. The minimum absolute atomic E-state index is 0.129. The highest BCUT2D eigenvalue weighted by atomic mass is 32.2. The SMILES string of the molecule is CC(C)N(c1ccccc1)S(=O)(=O)Cc1cccc(C#N)c1. The number of benzene rings is 2. The van der Waals surface area contributed by atoms with Gasteiger partial charge in [-0.1, -0.05) is 30.3 Å². The van der Waals surface area contributed by atoms with Crippen LogP contribution in [0.1, 0.15) is 25.0 Å². The molecule has 0 aliphatic rings. The highest BCUT2D eigenvalue weighted by molar-refractivity contribution is 7.92. The molecule has 2 aromatic rings. The molecule has 0 aromatic heterocycles. The van der Waals surface area contributed by atoms with Crippen molar-refractivity contribution in [2.75, 3.05) is 4.31 Å². The monoisotopic (exact) mass is 314 g/mol. The van der Waals surface area contributed by atoms with Crippen LogP contribution in [-0.4, -0.2) is 14.5 Å². The summed E-state index contributed by atoms with van der Waals surface area (Å²) in [5.74, 6) is -0.129. The Balaban J connectivity index is 2.36. The lowest BCUT2D eigenvalue weighted by atomic mass is 10.2. The molecule has 4 nitrogen and oxygen atoms in total. The Morgan fingerprint density at radius 2 is 1.77 bits per heavy atom. The van der Waals surface area contributed by atoms with Crippen molar-refractivity contribution < 1.29 is 8.42 Å². The highest BCUT2D eigenvalue weighted by Crippen LogP contribution is 2.23. The predicted octanol–water partition coefficient (Wildman–Crippen LogP) is 3.30. The number of rotatable bonds is 5. The molecular formula is C17H18N2O2S. The molecule has 0 bridgehead atoms. The molecule has 0 amide bonds. The highest BCUT2D eigenvalue weighted by Gasteiger charge is 2.25. The summed E-state index contributed by atoms with van der Waals surface area (Å²) in [6, 6.07) is 17.6. The number of hydrogen-bond acceptors (Lipinski definition) is 3. The fraction of sp³-hybridized carbons (Fsp3) is 0.235. The molecule has 0 saturated carbocycles. The van der Waals surface area contributed by atoms with Gasteiger partial charge in [-0.25, -0.2) is 8.42 Å². The third kappa shape index (κ3) is 3.66. The minimum Gasteiger partial charge on any atom is -0.267 e. The van der Waals surface area contributed by atoms with Crippen LogP contribution in [0.4, 0.5) is 5.69 Å². The number of sulfonamides is 1. The standard InChI is InChI=1S/C17H18N2O2S/c1-14(2)19(17-9-4-3-5-10-17)22(20,21)13-16-8-6-7-15(11-16)12-18/h3-11,14H,13H2,1-2H3. The Bertz CT molecular complexity index is 778. The van der Waals surface area contributed by atoms with Gasteiger partial charge in [0.15, 0.2) is 0 Å². The van der Waals surface area contributed by atoms with Crippen molar-refractivity contribution >= 4 is 15.7 Å². The van der Waals surface area contributed by atoms with Gasteiger partial charge in [0.2, 0.25) is 10.0 Å². The Morgan fingerprint density at radius 3 is 2.36 bits per heavy atom. The van der Waals surface area contributed by atoms with Crippen LogP contribution in [-0.2, 0) is 15.8 Å². The van der Waals surface area contributed by atoms with Crippen LogP contribution < -0.4 is 4.31 Å². The van der Waals surface area contributed by atoms with Gasteiger partial charge in [-0.15, -0.1) is 0 Å². The van der Waals surface area contributed by atoms with Gasteiger partial charge in [0.05, 0.1) is 23.1 Å². The van der Waals surface area contributed by atoms with E-state index in [2.05, 4.69) is 0 Å². The summed E-state index contributed by atoms with van der Waals surface area (Å²) >= 11 is 0. The number of nitrogens with zero attached hydrogens (tertiary/aromatic N) is 2. The van der Waals surface area contributed by atoms with Crippen LogP contribution in [0.3, 0.4) is 0 Å². The van der Waals surface area contributed by atoms with Gasteiger partial charge in [0.1, 0.15) is 0 Å². The van der Waals surface area contributed by atoms with E-state index in [1.807, 2.05) is 38.1 Å². The summed E-state index contributed by atoms with van der Waals surface area (Å²) in [5.41, 5.74) is 1.72. The van der Waals surface area contributed by atoms with Crippen molar-refractivity contribution in [3.63, 3.8) is 0 Å². The van der Waals surface area contributed by atoms with Crippen LogP contribution in [0.25, 0.3) is 0 Å². The Labute approximate surface area is 131 Å². The summed E-state index contributed by atoms with van der Waals surface area (Å²) in [4.78, 5) is 0. The third-order valence-electron chi connectivity index (χ3n) is 3.18. The van der Waals surface area contributed by atoms with Crippen molar-refractivity contribution in [1.82, 2.24) is 0 Å². The molecule has 22 heavy (non-hydrogen) atoms. The third-order valence-corrected chi connectivity index (χ3v) is 5.11. The summed E-state index contributed by atoms with van der Waals surface area (Å²) in [7, 11) is -3.53. The molecule has 0 spiro atoms. The van der Waals surface area contributed by atoms with E-state index < -0.39 is 10.0 Å². The molecule has 0 N–H and O–H groups in total. The first-order valence-electron chi connectivity index (χ1n) is 7.00. The second kappa shape index (κ2) is 6.63. The van der Waals surface area contributed by atoms with Gasteiger partial charge in [-0.2, -0.15) is 5.26 Å². The van der Waals surface area contributed by atoms with E-state index in [1.165, 1.54) is 4.31 Å². The zero-order valence-corrected chi connectivity index (χ0v) is 13.4. The van der Waals surface area contributed by atoms with E-state index in [9.17, 15) is 8.42 Å². The van der Waals surface area contributed by atoms with Gasteiger partial charge in [0.25, 0.3) is 0 Å². The lowest BCUT2D eigenvalue weighted by Gasteiger charge is -2.28. The van der Waals surface area contributed by atoms with E-state index >= 15 is 0 Å². The molecule has 0 aliphatic heterocycles. The molecule has 114 valence electrons. The number of hydrogen-bond donors (Lipinski definition) is 0. The topological polar surface area (TPSA) is 61.2 Å². The van der Waals surface area contributed by atoms with Crippen molar-refractivity contribution in [3.8, 4) is 6.07 Å². The van der Waals surface area contributed by atoms with Gasteiger partial charge >= 0.3 is 0 Å². The molecule has 0 heterocycles. The maximum Gasteiger partial charge on any atom is 0.239 e. The number of nitriles is 1. The van der Waals surface area contributed by atoms with Crippen molar-refractivity contribution in [2.24, 2.45) is 0 Å². The Hall–Kier alpha value is -2.32. The maximum atomic E-state index is 12.8. The van der Waals surface area contributed by atoms with Gasteiger partial charge in [-0.3, -0.25) is 4.31 Å². The second-order valence-corrected chi connectivity index (χ2v) is 7.14. The van der Waals surface area contributed by atoms with Crippen LogP contribution in [0.5, 0.6) is 0 Å². The number of para-hydroxylation sites is 1. The lowest BCUT2D eigenvalue weighted by Crippen LogP contribution is -2.37. The lowest BCUT2D eigenvalue weighted by molar-refractivity contribution is 0.583. The predicted molar refractivity (Wildman–Crippen MR) is 87.8 cm³/mol. The van der Waals surface area contributed by atoms with Crippen LogP contribution in [0.15, 0.2) is 54.6 Å². The van der Waals surface area contributed by atoms with Crippen molar-refractivity contribution in [3.05, 3.63) is 65.7 Å². The average Bonchev–Trinajstić information content (AvgIpc) is 2.47. The molecule has 0 atom stereocenters. The summed E-state index contributed by atoms with van der Waals surface area (Å²) < 4.78 is 27.0. The van der Waals surface area contributed by atoms with E-state index in [1.54, 1.807) is 36.4 Å². The molecular weight excluding hydrogens is 296 g/mol. The van der Waals surface area contributed by atoms with Crippen LogP contribution in [0.2, 0.25) is 0 Å². The number of anilines is 1. The first-order chi connectivity index (χ1) is 10.4. The molecule has 0 radical (unpaired) electrons. The zero-order valence-electron chi connectivity index (χ0n) is 12.6. The first-order valence-corrected chi connectivity index (χ1v) is 8.61. The zero-order chi connectivity index (χ0) is 16.2. The molecule has 2 rings (SSSR count). The average molecular weight is 314 g/mol. The molecule has 0 unspecified atom stereocenters. The first kappa shape index (κ1) is 16.1. The van der Waals surface area contributed by atoms with Crippen molar-refractivity contribution in [2.45, 2.75) is 25.6 Å². The Morgan fingerprint density at radius 1 is 1.09 bits per heavy atom. The molecule has 2 aromatic carbocycles. The molecule has 0 saturated heterocycles. The smallest absolute Gasteiger partial charge is 0.239 e. The molecule has 0 fully saturated rings. The van der Waals surface area contributed by atoms with Crippen molar-refractivity contribution in [1.29, 1.82) is 5.26 Å². The summed E-state index contributed by atoms with van der Waals surface area (Å²) in [6.07, 6.45) is 0. The van der Waals surface area contributed by atoms with E-state index in [0.29, 0.717) is 16.8 Å². The Kier molecular flexibility index (Phi) is 4.84. The van der Waals surface area contributed by atoms with Crippen LogP contribution >= 0.6 is 0 Å². The van der Waals surface area contributed by atoms with Gasteiger partial charge in [0, 0.05) is 6.04 Å². The van der Waals surface area contributed by atoms with Gasteiger partial charge < -0.3 is 0 Å². The fourth-order valence-electron chi connectivity index (χ4n) is 2.37. The van der Waals surface area contributed by atoms with Crippen LogP contribution in [0, 0.1) is 11.3 Å². The van der Waals surface area contributed by atoms with Gasteiger partial charge in [-0.05, 0) is 43.7 Å². The maximum absolute atomic E-state index is 12.8. The summed E-state index contributed by atoms with van der Waals surface area (Å²) in [6.45, 7) is 3.69.